The van der Waals surface area contributed by atoms with Crippen LogP contribution in [0.3, 0.4) is 0 Å². The first-order valence-electron chi connectivity index (χ1n) is 7.61. The summed E-state index contributed by atoms with van der Waals surface area (Å²) in [6, 6.07) is 5.78. The number of aliphatic hydroxyl groups is 1. The quantitative estimate of drug-likeness (QED) is 0.766. The van der Waals surface area contributed by atoms with E-state index in [2.05, 4.69) is 19.9 Å². The highest BCUT2D eigenvalue weighted by Crippen LogP contribution is 2.46. The highest BCUT2D eigenvalue weighted by Gasteiger charge is 2.27. The topological polar surface area (TPSA) is 84.3 Å². The molecule has 0 spiro atoms. The van der Waals surface area contributed by atoms with Crippen molar-refractivity contribution in [3.63, 3.8) is 0 Å². The van der Waals surface area contributed by atoms with Gasteiger partial charge in [-0.3, -0.25) is 14.9 Å². The molecule has 8 heteroatoms. The molecule has 0 bridgehead atoms. The van der Waals surface area contributed by atoms with Crippen LogP contribution in [0, 0.1) is 0 Å². The van der Waals surface area contributed by atoms with Crippen molar-refractivity contribution in [1.29, 1.82) is 0 Å². The third-order valence-electron chi connectivity index (χ3n) is 3.82. The third kappa shape index (κ3) is 2.95. The van der Waals surface area contributed by atoms with E-state index in [0.29, 0.717) is 12.4 Å². The molecule has 3 heterocycles. The summed E-state index contributed by atoms with van der Waals surface area (Å²) in [5.41, 5.74) is 2.15. The monoisotopic (exact) mass is 353 g/mol. The fourth-order valence-electron chi connectivity index (χ4n) is 2.68. The van der Waals surface area contributed by atoms with Gasteiger partial charge < -0.3 is 9.84 Å². The molecule has 7 nitrogen and oxygen atoms in total. The summed E-state index contributed by atoms with van der Waals surface area (Å²) in [7, 11) is 1.63. The number of nitrogens with zero attached hydrogens (tertiary/aromatic N) is 5. The molecule has 1 unspecified atom stereocenters. The van der Waals surface area contributed by atoms with E-state index >= 15 is 0 Å². The Morgan fingerprint density at radius 2 is 2.00 bits per heavy atom. The molecule has 1 aliphatic rings. The van der Waals surface area contributed by atoms with Crippen LogP contribution in [0.15, 0.2) is 59.1 Å². The largest absolute Gasteiger partial charge is 0.382 e. The molecule has 25 heavy (non-hydrogen) atoms. The van der Waals surface area contributed by atoms with E-state index < -0.39 is 6.10 Å². The van der Waals surface area contributed by atoms with Gasteiger partial charge in [-0.05, 0) is 17.7 Å². The molecule has 1 atom stereocenters. The van der Waals surface area contributed by atoms with Gasteiger partial charge in [-0.25, -0.2) is 9.97 Å². The van der Waals surface area contributed by atoms with E-state index in [0.717, 1.165) is 27.0 Å². The van der Waals surface area contributed by atoms with E-state index in [-0.39, 0.29) is 0 Å². The van der Waals surface area contributed by atoms with Gasteiger partial charge in [-0.15, -0.1) is 0 Å². The van der Waals surface area contributed by atoms with E-state index in [1.807, 2.05) is 23.1 Å². The van der Waals surface area contributed by atoms with Crippen LogP contribution >= 0.6 is 11.8 Å². The number of aromatic nitrogens is 4. The fraction of sp³-hybridized carbons (Fsp3) is 0.176. The second-order valence-electron chi connectivity index (χ2n) is 5.39. The Labute approximate surface area is 148 Å². The standard InChI is InChI=1S/C17H15N5O2S/c1-24-10-22-13-8-11(15(23)12-9-18-4-5-19-12)2-3-14(13)25-17-16(22)20-6-7-21-17/h2-9,15,23H,10H2,1H3. The molecule has 0 aliphatic carbocycles. The second kappa shape index (κ2) is 6.75. The van der Waals surface area contributed by atoms with Crippen LogP contribution in [0.5, 0.6) is 0 Å². The Morgan fingerprint density at radius 1 is 1.16 bits per heavy atom. The first kappa shape index (κ1) is 15.9. The molecular weight excluding hydrogens is 338 g/mol. The molecule has 3 aromatic rings. The van der Waals surface area contributed by atoms with E-state index in [4.69, 9.17) is 4.74 Å². The molecule has 0 fully saturated rings. The Balaban J connectivity index is 1.76. The number of ether oxygens (including phenoxy) is 1. The van der Waals surface area contributed by atoms with Crippen LogP contribution < -0.4 is 4.90 Å². The number of methoxy groups -OCH3 is 1. The lowest BCUT2D eigenvalue weighted by Gasteiger charge is -2.30. The molecule has 4 rings (SSSR count). The van der Waals surface area contributed by atoms with Crippen molar-refractivity contribution in [2.45, 2.75) is 16.0 Å². The van der Waals surface area contributed by atoms with Gasteiger partial charge in [-0.2, -0.15) is 0 Å². The lowest BCUT2D eigenvalue weighted by molar-refractivity contribution is 0.204. The van der Waals surface area contributed by atoms with Gasteiger partial charge in [-0.1, -0.05) is 17.8 Å². The zero-order chi connectivity index (χ0) is 17.2. The molecule has 2 aromatic heterocycles. The molecule has 0 radical (unpaired) electrons. The molecule has 1 aromatic carbocycles. The van der Waals surface area contributed by atoms with E-state index in [9.17, 15) is 5.11 Å². The summed E-state index contributed by atoms with van der Waals surface area (Å²) in [6.45, 7) is 0.337. The number of fused-ring (bicyclic) bond motifs is 2. The zero-order valence-corrected chi connectivity index (χ0v) is 14.2. The molecule has 0 saturated carbocycles. The third-order valence-corrected chi connectivity index (χ3v) is 4.87. The van der Waals surface area contributed by atoms with Crippen molar-refractivity contribution in [3.8, 4) is 0 Å². The first-order valence-corrected chi connectivity index (χ1v) is 8.43. The van der Waals surface area contributed by atoms with Crippen molar-refractivity contribution in [2.24, 2.45) is 0 Å². The Kier molecular flexibility index (Phi) is 4.31. The Morgan fingerprint density at radius 3 is 2.80 bits per heavy atom. The van der Waals surface area contributed by atoms with Gasteiger partial charge in [0.1, 0.15) is 17.9 Å². The zero-order valence-electron chi connectivity index (χ0n) is 13.4. The fourth-order valence-corrected chi connectivity index (χ4v) is 3.66. The predicted molar refractivity (Wildman–Crippen MR) is 92.7 cm³/mol. The van der Waals surface area contributed by atoms with Gasteiger partial charge in [0, 0.05) is 36.8 Å². The number of aliphatic hydroxyl groups excluding tert-OH is 1. The van der Waals surface area contributed by atoms with Crippen LogP contribution in [-0.4, -0.2) is 38.9 Å². The minimum Gasteiger partial charge on any atom is -0.382 e. The average molecular weight is 353 g/mol. The van der Waals surface area contributed by atoms with Crippen LogP contribution in [0.25, 0.3) is 0 Å². The van der Waals surface area contributed by atoms with Gasteiger partial charge in [0.25, 0.3) is 0 Å². The minimum atomic E-state index is -0.850. The number of benzene rings is 1. The molecule has 126 valence electrons. The van der Waals surface area contributed by atoms with Crippen LogP contribution in [0.2, 0.25) is 0 Å². The smallest absolute Gasteiger partial charge is 0.168 e. The van der Waals surface area contributed by atoms with Crippen molar-refractivity contribution >= 4 is 23.3 Å². The van der Waals surface area contributed by atoms with E-state index in [1.165, 1.54) is 0 Å². The summed E-state index contributed by atoms with van der Waals surface area (Å²) >= 11 is 1.55. The lowest BCUT2D eigenvalue weighted by atomic mass is 10.1. The molecule has 0 amide bonds. The van der Waals surface area contributed by atoms with E-state index in [1.54, 1.807) is 49.9 Å². The maximum absolute atomic E-state index is 10.6. The summed E-state index contributed by atoms with van der Waals surface area (Å²) < 4.78 is 5.34. The molecule has 1 aliphatic heterocycles. The maximum Gasteiger partial charge on any atom is 0.168 e. The summed E-state index contributed by atoms with van der Waals surface area (Å²) in [5, 5.41) is 11.4. The average Bonchev–Trinajstić information content (AvgIpc) is 2.68. The number of hydrogen-bond donors (Lipinski definition) is 1. The molecule has 0 saturated heterocycles. The van der Waals surface area contributed by atoms with Crippen molar-refractivity contribution in [2.75, 3.05) is 18.7 Å². The normalized spacial score (nSPS) is 13.9. The van der Waals surface area contributed by atoms with Crippen molar-refractivity contribution < 1.29 is 9.84 Å². The summed E-state index contributed by atoms with van der Waals surface area (Å²) in [4.78, 5) is 20.0. The molecular formula is C17H15N5O2S. The SMILES string of the molecule is COCN1c2cc(C(O)c3cnccn3)ccc2Sc2nccnc21. The number of anilines is 2. The summed E-state index contributed by atoms with van der Waals surface area (Å²) in [6.07, 6.45) is 7.19. The number of hydrogen-bond acceptors (Lipinski definition) is 8. The van der Waals surface area contributed by atoms with Crippen LogP contribution in [0.1, 0.15) is 17.4 Å². The van der Waals surface area contributed by atoms with Crippen LogP contribution in [0.4, 0.5) is 11.5 Å². The lowest BCUT2D eigenvalue weighted by Crippen LogP contribution is -2.24. The number of rotatable bonds is 4. The first-order chi connectivity index (χ1) is 12.3. The van der Waals surface area contributed by atoms with Crippen molar-refractivity contribution in [3.05, 3.63) is 60.4 Å². The predicted octanol–water partition coefficient (Wildman–Crippen LogP) is 2.55. The van der Waals surface area contributed by atoms with Gasteiger partial charge in [0.15, 0.2) is 5.82 Å². The van der Waals surface area contributed by atoms with Gasteiger partial charge in [0.05, 0.1) is 17.6 Å². The minimum absolute atomic E-state index is 0.337. The summed E-state index contributed by atoms with van der Waals surface area (Å²) in [5.74, 6) is 0.744. The maximum atomic E-state index is 10.6. The van der Waals surface area contributed by atoms with Crippen LogP contribution in [-0.2, 0) is 4.74 Å². The van der Waals surface area contributed by atoms with Gasteiger partial charge in [0.2, 0.25) is 0 Å². The highest BCUT2D eigenvalue weighted by atomic mass is 32.2. The Hall–Kier alpha value is -2.55. The molecule has 1 N–H and O–H groups in total. The Bertz CT molecular complexity index is 893. The van der Waals surface area contributed by atoms with Gasteiger partial charge >= 0.3 is 0 Å². The second-order valence-corrected chi connectivity index (χ2v) is 6.42. The highest BCUT2D eigenvalue weighted by molar-refractivity contribution is 7.99. The van der Waals surface area contributed by atoms with Crippen molar-refractivity contribution in [1.82, 2.24) is 19.9 Å².